The van der Waals surface area contributed by atoms with Crippen LogP contribution in [0, 0.1) is 17.5 Å². The smallest absolute Gasteiger partial charge is 0.435 e. The molecular formula is C20H15ClF4N4O3S. The third kappa shape index (κ3) is 5.40. The first-order valence-electron chi connectivity index (χ1n) is 9.00. The Labute approximate surface area is 190 Å². The maximum Gasteiger partial charge on any atom is 0.435 e. The van der Waals surface area contributed by atoms with Crippen LogP contribution in [-0.2, 0) is 15.9 Å². The third-order valence-electron chi connectivity index (χ3n) is 4.34. The average molecular weight is 503 g/mol. The number of hydrogen-bond donors (Lipinski definition) is 2. The summed E-state index contributed by atoms with van der Waals surface area (Å²) in [4.78, 5) is 13.1. The average Bonchev–Trinajstić information content (AvgIpc) is 2.70. The van der Waals surface area contributed by atoms with Crippen LogP contribution >= 0.6 is 11.6 Å². The van der Waals surface area contributed by atoms with Gasteiger partial charge in [0.1, 0.15) is 16.4 Å². The molecule has 0 fully saturated rings. The highest BCUT2D eigenvalue weighted by Crippen LogP contribution is 2.37. The number of carbonyl (C=O) groups excluding carboxylic acids is 1. The van der Waals surface area contributed by atoms with Crippen LogP contribution in [0.2, 0.25) is 5.02 Å². The maximum atomic E-state index is 13.7. The SMILES string of the molecule is Cc1c(C(F)(F)F)nnc(Oc2cccc(F)c2Cl)c1C(=O)Nc1cccc(S(C)(=N)=O)c1. The molecular weight excluding hydrogens is 488 g/mol. The zero-order valence-electron chi connectivity index (χ0n) is 17.0. The normalized spacial score (nSPS) is 13.3. The van der Waals surface area contributed by atoms with Gasteiger partial charge in [-0.15, -0.1) is 10.2 Å². The maximum absolute atomic E-state index is 13.7. The lowest BCUT2D eigenvalue weighted by atomic mass is 10.1. The molecule has 0 saturated carbocycles. The number of anilines is 1. The molecule has 0 aliphatic heterocycles. The number of benzene rings is 2. The van der Waals surface area contributed by atoms with Gasteiger partial charge in [-0.2, -0.15) is 13.2 Å². The molecule has 3 rings (SSSR count). The van der Waals surface area contributed by atoms with Crippen molar-refractivity contribution < 1.29 is 31.3 Å². The molecule has 1 aromatic heterocycles. The molecule has 0 saturated heterocycles. The Balaban J connectivity index is 2.09. The molecule has 1 heterocycles. The van der Waals surface area contributed by atoms with Crippen molar-refractivity contribution in [3.8, 4) is 11.6 Å². The number of nitrogens with one attached hydrogen (secondary N) is 2. The van der Waals surface area contributed by atoms with Crippen molar-refractivity contribution in [2.45, 2.75) is 18.0 Å². The van der Waals surface area contributed by atoms with Gasteiger partial charge in [-0.1, -0.05) is 23.7 Å². The predicted octanol–water partition coefficient (Wildman–Crippen LogP) is 5.68. The molecule has 1 atom stereocenters. The van der Waals surface area contributed by atoms with Crippen molar-refractivity contribution in [3.63, 3.8) is 0 Å². The van der Waals surface area contributed by atoms with E-state index in [9.17, 15) is 26.6 Å². The first-order chi connectivity index (χ1) is 15.3. The van der Waals surface area contributed by atoms with Gasteiger partial charge in [-0.3, -0.25) is 4.79 Å². The number of hydrogen-bond acceptors (Lipinski definition) is 6. The first-order valence-corrected chi connectivity index (χ1v) is 11.3. The monoisotopic (exact) mass is 502 g/mol. The fraction of sp³-hybridized carbons (Fsp3) is 0.150. The van der Waals surface area contributed by atoms with Crippen LogP contribution in [0.4, 0.5) is 23.2 Å². The van der Waals surface area contributed by atoms with Crippen LogP contribution in [0.5, 0.6) is 11.6 Å². The molecule has 1 unspecified atom stereocenters. The number of rotatable bonds is 5. The molecule has 2 aromatic carbocycles. The summed E-state index contributed by atoms with van der Waals surface area (Å²) in [6.07, 6.45) is -3.74. The lowest BCUT2D eigenvalue weighted by Gasteiger charge is -2.16. The van der Waals surface area contributed by atoms with Gasteiger partial charge < -0.3 is 10.1 Å². The Morgan fingerprint density at radius 2 is 1.85 bits per heavy atom. The van der Waals surface area contributed by atoms with E-state index in [1.165, 1.54) is 42.7 Å². The fourth-order valence-corrected chi connectivity index (χ4v) is 3.64. The van der Waals surface area contributed by atoms with E-state index in [1.807, 2.05) is 0 Å². The molecule has 0 aliphatic rings. The summed E-state index contributed by atoms with van der Waals surface area (Å²) < 4.78 is 78.9. The van der Waals surface area contributed by atoms with Crippen LogP contribution in [0.15, 0.2) is 47.4 Å². The van der Waals surface area contributed by atoms with E-state index >= 15 is 0 Å². The Kier molecular flexibility index (Phi) is 6.61. The Morgan fingerprint density at radius 1 is 1.18 bits per heavy atom. The topological polar surface area (TPSA) is 105 Å². The number of aromatic nitrogens is 2. The van der Waals surface area contributed by atoms with Gasteiger partial charge in [0.2, 0.25) is 0 Å². The standard InChI is InChI=1S/C20H15ClF4N4O3S/c1-10-15(18(30)27-11-5-3-6-12(9-11)33(2,26)31)19(29-28-17(10)20(23,24)25)32-14-8-4-7-13(22)16(14)21/h3-9,26H,1-2H3,(H,27,30). The number of carbonyl (C=O) groups is 1. The molecule has 7 nitrogen and oxygen atoms in total. The van der Waals surface area contributed by atoms with Crippen molar-refractivity contribution in [1.29, 1.82) is 4.78 Å². The molecule has 3 aromatic rings. The lowest BCUT2D eigenvalue weighted by molar-refractivity contribution is -0.142. The van der Waals surface area contributed by atoms with E-state index in [0.717, 1.165) is 13.0 Å². The van der Waals surface area contributed by atoms with Gasteiger partial charge in [0.15, 0.2) is 11.4 Å². The van der Waals surface area contributed by atoms with Crippen LogP contribution in [0.25, 0.3) is 0 Å². The van der Waals surface area contributed by atoms with Crippen LogP contribution in [-0.4, -0.2) is 26.6 Å². The fourth-order valence-electron chi connectivity index (χ4n) is 2.78. The Morgan fingerprint density at radius 3 is 2.48 bits per heavy atom. The first kappa shape index (κ1) is 24.4. The van der Waals surface area contributed by atoms with E-state index in [1.54, 1.807) is 0 Å². The molecule has 1 amide bonds. The van der Waals surface area contributed by atoms with Gasteiger partial charge in [0, 0.05) is 16.8 Å². The molecule has 174 valence electrons. The summed E-state index contributed by atoms with van der Waals surface area (Å²) in [5, 5.41) is 8.40. The van der Waals surface area contributed by atoms with Crippen molar-refractivity contribution in [3.05, 3.63) is 70.1 Å². The van der Waals surface area contributed by atoms with Gasteiger partial charge in [0.25, 0.3) is 11.8 Å². The van der Waals surface area contributed by atoms with E-state index in [4.69, 9.17) is 21.1 Å². The van der Waals surface area contributed by atoms with Crippen molar-refractivity contribution in [2.24, 2.45) is 0 Å². The summed E-state index contributed by atoms with van der Waals surface area (Å²) in [6, 6.07) is 9.00. The number of ether oxygens (including phenoxy) is 1. The second-order valence-corrected chi connectivity index (χ2v) is 9.37. The van der Waals surface area contributed by atoms with Gasteiger partial charge in [-0.05, 0) is 42.8 Å². The molecule has 13 heteroatoms. The zero-order chi connectivity index (χ0) is 24.6. The second kappa shape index (κ2) is 8.94. The quantitative estimate of drug-likeness (QED) is 0.437. The summed E-state index contributed by atoms with van der Waals surface area (Å²) in [7, 11) is -3.11. The minimum Gasteiger partial charge on any atom is -0.435 e. The predicted molar refractivity (Wildman–Crippen MR) is 113 cm³/mol. The number of amides is 1. The lowest BCUT2D eigenvalue weighted by Crippen LogP contribution is -2.21. The van der Waals surface area contributed by atoms with Crippen molar-refractivity contribution in [1.82, 2.24) is 10.2 Å². The Bertz CT molecular complexity index is 1350. The molecule has 0 spiro atoms. The molecule has 0 radical (unpaired) electrons. The largest absolute Gasteiger partial charge is 0.435 e. The van der Waals surface area contributed by atoms with E-state index in [-0.39, 0.29) is 16.3 Å². The third-order valence-corrected chi connectivity index (χ3v) is 5.87. The summed E-state index contributed by atoms with van der Waals surface area (Å²) in [6.45, 7) is 1.01. The van der Waals surface area contributed by atoms with E-state index < -0.39 is 55.4 Å². The van der Waals surface area contributed by atoms with Crippen LogP contribution in [0.1, 0.15) is 21.6 Å². The summed E-state index contributed by atoms with van der Waals surface area (Å²) >= 11 is 5.83. The van der Waals surface area contributed by atoms with E-state index in [2.05, 4.69) is 15.5 Å². The molecule has 0 aliphatic carbocycles. The van der Waals surface area contributed by atoms with Crippen LogP contribution in [0.3, 0.4) is 0 Å². The van der Waals surface area contributed by atoms with Gasteiger partial charge in [-0.25, -0.2) is 13.4 Å². The van der Waals surface area contributed by atoms with Crippen LogP contribution < -0.4 is 10.1 Å². The highest BCUT2D eigenvalue weighted by Gasteiger charge is 2.38. The number of nitrogens with zero attached hydrogens (tertiary/aromatic N) is 2. The van der Waals surface area contributed by atoms with Crippen molar-refractivity contribution >= 4 is 32.9 Å². The second-order valence-electron chi connectivity index (χ2n) is 6.83. The summed E-state index contributed by atoms with van der Waals surface area (Å²) in [5.41, 5.74) is -2.56. The Hall–Kier alpha value is -3.25. The summed E-state index contributed by atoms with van der Waals surface area (Å²) in [5.74, 6) is -2.84. The molecule has 2 N–H and O–H groups in total. The zero-order valence-corrected chi connectivity index (χ0v) is 18.5. The highest BCUT2D eigenvalue weighted by molar-refractivity contribution is 7.91. The number of halogens is 5. The minimum absolute atomic E-state index is 0.0684. The molecule has 33 heavy (non-hydrogen) atoms. The number of alkyl halides is 3. The highest BCUT2D eigenvalue weighted by atomic mass is 35.5. The minimum atomic E-state index is -4.92. The van der Waals surface area contributed by atoms with E-state index in [0.29, 0.717) is 0 Å². The molecule has 0 bridgehead atoms. The van der Waals surface area contributed by atoms with Gasteiger partial charge >= 0.3 is 6.18 Å². The van der Waals surface area contributed by atoms with Gasteiger partial charge in [0.05, 0.1) is 9.73 Å². The van der Waals surface area contributed by atoms with Crippen molar-refractivity contribution in [2.75, 3.05) is 11.6 Å².